The van der Waals surface area contributed by atoms with Gasteiger partial charge in [-0.1, -0.05) is 0 Å². The molecular formula is C13H13BrN2OS. The summed E-state index contributed by atoms with van der Waals surface area (Å²) in [6.45, 7) is 2.60. The lowest BCUT2D eigenvalue weighted by atomic mass is 10.2. The van der Waals surface area contributed by atoms with Gasteiger partial charge in [0.15, 0.2) is 0 Å². The highest BCUT2D eigenvalue weighted by Crippen LogP contribution is 2.20. The monoisotopic (exact) mass is 324 g/mol. The molecule has 1 amide bonds. The molecule has 0 unspecified atom stereocenters. The fourth-order valence-electron chi connectivity index (χ4n) is 1.52. The summed E-state index contributed by atoms with van der Waals surface area (Å²) >= 11 is 5.00. The molecule has 3 N–H and O–H groups in total. The Morgan fingerprint density at radius 2 is 2.17 bits per heavy atom. The average Bonchev–Trinajstić information content (AvgIpc) is 2.75. The normalized spacial score (nSPS) is 10.3. The second kappa shape index (κ2) is 5.54. The molecule has 5 heteroatoms. The summed E-state index contributed by atoms with van der Waals surface area (Å²) in [7, 11) is 0. The van der Waals surface area contributed by atoms with Crippen LogP contribution in [-0.4, -0.2) is 5.91 Å². The highest BCUT2D eigenvalue weighted by Gasteiger charge is 2.07. The Kier molecular flexibility index (Phi) is 4.04. The third kappa shape index (κ3) is 3.11. The summed E-state index contributed by atoms with van der Waals surface area (Å²) in [4.78, 5) is 14.3. The minimum absolute atomic E-state index is 0.0956. The smallest absolute Gasteiger partial charge is 0.251 e. The van der Waals surface area contributed by atoms with Crippen molar-refractivity contribution in [3.8, 4) is 0 Å². The second-order valence-corrected chi connectivity index (χ2v) is 6.16. The van der Waals surface area contributed by atoms with Crippen molar-refractivity contribution in [2.45, 2.75) is 13.5 Å². The van der Waals surface area contributed by atoms with Gasteiger partial charge in [0.2, 0.25) is 0 Å². The lowest BCUT2D eigenvalue weighted by Crippen LogP contribution is -2.22. The van der Waals surface area contributed by atoms with Crippen molar-refractivity contribution in [1.82, 2.24) is 5.32 Å². The summed E-state index contributed by atoms with van der Waals surface area (Å²) < 4.78 is 0.738. The van der Waals surface area contributed by atoms with Crippen LogP contribution in [0.2, 0.25) is 0 Å². The SMILES string of the molecule is Cc1ccc(CNC(=O)c2ccc(N)c(Br)c2)s1. The molecule has 0 saturated carbocycles. The number of carbonyl (C=O) groups excluding carboxylic acids is 1. The van der Waals surface area contributed by atoms with Crippen molar-refractivity contribution in [3.05, 3.63) is 50.1 Å². The molecule has 1 aromatic carbocycles. The summed E-state index contributed by atoms with van der Waals surface area (Å²) in [5.41, 5.74) is 6.91. The fraction of sp³-hybridized carbons (Fsp3) is 0.154. The molecule has 94 valence electrons. The number of amides is 1. The number of anilines is 1. The standard InChI is InChI=1S/C13H13BrN2OS/c1-8-2-4-10(18-8)7-16-13(17)9-3-5-12(15)11(14)6-9/h2-6H,7,15H2,1H3,(H,16,17). The molecule has 3 nitrogen and oxygen atoms in total. The zero-order chi connectivity index (χ0) is 13.1. The number of aryl methyl sites for hydroxylation is 1. The molecule has 0 radical (unpaired) electrons. The fourth-order valence-corrected chi connectivity index (χ4v) is 2.73. The molecular weight excluding hydrogens is 312 g/mol. The van der Waals surface area contributed by atoms with Gasteiger partial charge in [0.05, 0.1) is 6.54 Å². The Bertz CT molecular complexity index is 580. The predicted octanol–water partition coefficient (Wildman–Crippen LogP) is 3.33. The zero-order valence-electron chi connectivity index (χ0n) is 9.87. The summed E-state index contributed by atoms with van der Waals surface area (Å²) in [6.07, 6.45) is 0. The van der Waals surface area contributed by atoms with Crippen molar-refractivity contribution in [1.29, 1.82) is 0 Å². The molecule has 0 aliphatic rings. The van der Waals surface area contributed by atoms with Crippen molar-refractivity contribution < 1.29 is 4.79 Å². The Morgan fingerprint density at radius 3 is 2.78 bits per heavy atom. The first-order valence-corrected chi connectivity index (χ1v) is 7.06. The van der Waals surface area contributed by atoms with E-state index in [0.29, 0.717) is 17.8 Å². The van der Waals surface area contributed by atoms with E-state index >= 15 is 0 Å². The van der Waals surface area contributed by atoms with Gasteiger partial charge in [0.1, 0.15) is 0 Å². The number of nitrogens with one attached hydrogen (secondary N) is 1. The number of nitrogen functional groups attached to an aromatic ring is 1. The van der Waals surface area contributed by atoms with Gasteiger partial charge in [-0.3, -0.25) is 4.79 Å². The van der Waals surface area contributed by atoms with E-state index in [2.05, 4.69) is 21.2 Å². The van der Waals surface area contributed by atoms with Gasteiger partial charge < -0.3 is 11.1 Å². The van der Waals surface area contributed by atoms with Gasteiger partial charge in [-0.15, -0.1) is 11.3 Å². The van der Waals surface area contributed by atoms with E-state index in [1.807, 2.05) is 19.1 Å². The molecule has 0 aliphatic heterocycles. The van der Waals surface area contributed by atoms with Crippen LogP contribution in [0.25, 0.3) is 0 Å². The molecule has 0 aliphatic carbocycles. The molecule has 0 saturated heterocycles. The second-order valence-electron chi connectivity index (χ2n) is 3.93. The molecule has 2 aromatic rings. The number of rotatable bonds is 3. The lowest BCUT2D eigenvalue weighted by Gasteiger charge is -2.05. The third-order valence-electron chi connectivity index (χ3n) is 2.48. The van der Waals surface area contributed by atoms with E-state index in [9.17, 15) is 4.79 Å². The molecule has 0 bridgehead atoms. The predicted molar refractivity (Wildman–Crippen MR) is 78.8 cm³/mol. The molecule has 18 heavy (non-hydrogen) atoms. The van der Waals surface area contributed by atoms with E-state index < -0.39 is 0 Å². The highest BCUT2D eigenvalue weighted by atomic mass is 79.9. The van der Waals surface area contributed by atoms with Gasteiger partial charge in [0.25, 0.3) is 5.91 Å². The van der Waals surface area contributed by atoms with Crippen LogP contribution < -0.4 is 11.1 Å². The molecule has 0 spiro atoms. The highest BCUT2D eigenvalue weighted by molar-refractivity contribution is 9.10. The van der Waals surface area contributed by atoms with Crippen molar-refractivity contribution in [3.63, 3.8) is 0 Å². The largest absolute Gasteiger partial charge is 0.398 e. The van der Waals surface area contributed by atoms with Crippen molar-refractivity contribution >= 4 is 38.9 Å². The van der Waals surface area contributed by atoms with E-state index in [0.717, 1.165) is 9.35 Å². The van der Waals surface area contributed by atoms with E-state index in [1.165, 1.54) is 4.88 Å². The van der Waals surface area contributed by atoms with E-state index in [1.54, 1.807) is 29.5 Å². The van der Waals surface area contributed by atoms with E-state index in [-0.39, 0.29) is 5.91 Å². The number of carbonyl (C=O) groups is 1. The van der Waals surface area contributed by atoms with Crippen LogP contribution in [0.1, 0.15) is 20.1 Å². The number of thiophene rings is 1. The molecule has 1 aromatic heterocycles. The van der Waals surface area contributed by atoms with Gasteiger partial charge in [0, 0.05) is 25.5 Å². The van der Waals surface area contributed by atoms with Crippen LogP contribution in [0.4, 0.5) is 5.69 Å². The Labute approximate surface area is 118 Å². The summed E-state index contributed by atoms with van der Waals surface area (Å²) in [6, 6.07) is 9.23. The van der Waals surface area contributed by atoms with Crippen molar-refractivity contribution in [2.24, 2.45) is 0 Å². The quantitative estimate of drug-likeness (QED) is 0.851. The van der Waals surface area contributed by atoms with Crippen LogP contribution in [0, 0.1) is 6.92 Å². The van der Waals surface area contributed by atoms with Gasteiger partial charge in [-0.25, -0.2) is 0 Å². The Morgan fingerprint density at radius 1 is 1.39 bits per heavy atom. The van der Waals surface area contributed by atoms with Gasteiger partial charge >= 0.3 is 0 Å². The molecule has 1 heterocycles. The summed E-state index contributed by atoms with van der Waals surface area (Å²) in [5, 5.41) is 2.89. The first-order chi connectivity index (χ1) is 8.56. The van der Waals surface area contributed by atoms with Crippen LogP contribution >= 0.6 is 27.3 Å². The molecule has 0 atom stereocenters. The maximum atomic E-state index is 11.9. The number of benzene rings is 1. The first-order valence-electron chi connectivity index (χ1n) is 5.45. The van der Waals surface area contributed by atoms with Crippen LogP contribution in [-0.2, 0) is 6.54 Å². The van der Waals surface area contributed by atoms with Crippen LogP contribution in [0.3, 0.4) is 0 Å². The van der Waals surface area contributed by atoms with Gasteiger partial charge in [-0.2, -0.15) is 0 Å². The van der Waals surface area contributed by atoms with Gasteiger partial charge in [-0.05, 0) is 53.2 Å². The van der Waals surface area contributed by atoms with Crippen molar-refractivity contribution in [2.75, 3.05) is 5.73 Å². The molecule has 0 fully saturated rings. The van der Waals surface area contributed by atoms with Crippen LogP contribution in [0.15, 0.2) is 34.8 Å². The molecule has 2 rings (SSSR count). The number of halogens is 1. The Hall–Kier alpha value is -1.33. The zero-order valence-corrected chi connectivity index (χ0v) is 12.3. The summed E-state index contributed by atoms with van der Waals surface area (Å²) in [5.74, 6) is -0.0956. The Balaban J connectivity index is 2.01. The maximum Gasteiger partial charge on any atom is 0.251 e. The number of nitrogens with two attached hydrogens (primary N) is 1. The topological polar surface area (TPSA) is 55.1 Å². The maximum absolute atomic E-state index is 11.9. The first kappa shape index (κ1) is 13.1. The number of hydrogen-bond acceptors (Lipinski definition) is 3. The van der Waals surface area contributed by atoms with E-state index in [4.69, 9.17) is 5.73 Å². The minimum Gasteiger partial charge on any atom is -0.398 e. The third-order valence-corrected chi connectivity index (χ3v) is 4.17. The number of hydrogen-bond donors (Lipinski definition) is 2. The minimum atomic E-state index is -0.0956. The lowest BCUT2D eigenvalue weighted by molar-refractivity contribution is 0.0951. The average molecular weight is 325 g/mol. The van der Waals surface area contributed by atoms with Crippen LogP contribution in [0.5, 0.6) is 0 Å².